The Morgan fingerprint density at radius 1 is 0.500 bits per heavy atom. The molecule has 0 saturated heterocycles. The zero-order valence-corrected chi connectivity index (χ0v) is 39.6. The number of hydrogen-bond donors (Lipinski definition) is 3. The third-order valence-corrected chi connectivity index (χ3v) is 11.5. The van der Waals surface area contributed by atoms with Gasteiger partial charge in [0.25, 0.3) is 0 Å². The number of aliphatic hydroxyl groups excluding tert-OH is 2. The first-order valence-corrected chi connectivity index (χ1v) is 25.6. The Hall–Kier alpha value is -2.44. The number of amides is 1. The molecule has 0 radical (unpaired) electrons. The highest BCUT2D eigenvalue weighted by atomic mass is 16.5. The van der Waals surface area contributed by atoms with Crippen LogP contribution in [0.1, 0.15) is 245 Å². The smallest absolute Gasteiger partial charge is 0.306 e. The largest absolute Gasteiger partial charge is 0.461 e. The van der Waals surface area contributed by atoms with E-state index in [1.165, 1.54) is 154 Å². The van der Waals surface area contributed by atoms with Crippen molar-refractivity contribution in [3.63, 3.8) is 0 Å². The number of carbonyl (C=O) groups excluding carboxylic acids is 2. The number of unbranched alkanes of at least 4 members (excludes halogenated alkanes) is 28. The number of nitrogens with one attached hydrogen (secondary N) is 1. The van der Waals surface area contributed by atoms with Crippen molar-refractivity contribution in [3.8, 4) is 0 Å². The Labute approximate surface area is 371 Å². The molecule has 60 heavy (non-hydrogen) atoms. The standard InChI is InChI=1S/C54H97NO5/c1-4-7-10-13-16-19-22-23-24-25-26-27-28-29-32-35-38-41-44-47-54(59)60-50(45-42-39-36-33-30-20-17-14-11-8-5-2)48-53(58)55-51(49-56)52(57)46-43-40-37-34-31-21-18-15-12-9-6-3/h8,11,14,17,20,30,33,36,39,42,50-52,56-57H,4-7,9-10,12-13,15-16,18-19,21-29,31-32,34-35,37-38,40-41,43-49H2,1-3H3,(H,55,58)/b11-8+,17-14+,30-20-,36-33-,42-39+. The SMILES string of the molecule is CC/C=C/C=C/C=C\C=C/C=C/CC(CC(=O)NC(CO)C(O)CCCCCCCCCCCCC)OC(=O)CCCCCCCCCCCCCCCCCCCCC. The van der Waals surface area contributed by atoms with Crippen LogP contribution in [-0.4, -0.2) is 46.9 Å². The molecule has 0 heterocycles. The number of esters is 1. The summed E-state index contributed by atoms with van der Waals surface area (Å²) in [6.45, 7) is 6.30. The van der Waals surface area contributed by atoms with Crippen LogP contribution in [0.25, 0.3) is 0 Å². The number of ether oxygens (including phenoxy) is 1. The van der Waals surface area contributed by atoms with Crippen LogP contribution in [0.4, 0.5) is 0 Å². The average molecular weight is 840 g/mol. The second-order valence-electron chi connectivity index (χ2n) is 17.3. The fraction of sp³-hybridized carbons (Fsp3) is 0.778. The van der Waals surface area contributed by atoms with Gasteiger partial charge in [0.2, 0.25) is 5.91 Å². The molecule has 3 unspecified atom stereocenters. The molecule has 6 nitrogen and oxygen atoms in total. The van der Waals surface area contributed by atoms with Crippen LogP contribution >= 0.6 is 0 Å². The summed E-state index contributed by atoms with van der Waals surface area (Å²) in [4.78, 5) is 26.0. The second-order valence-corrected chi connectivity index (χ2v) is 17.3. The molecule has 348 valence electrons. The van der Waals surface area contributed by atoms with Crippen molar-refractivity contribution >= 4 is 11.9 Å². The number of aliphatic hydroxyl groups is 2. The molecule has 3 N–H and O–H groups in total. The van der Waals surface area contributed by atoms with Crippen molar-refractivity contribution in [3.05, 3.63) is 60.8 Å². The maximum absolute atomic E-state index is 13.1. The zero-order chi connectivity index (χ0) is 43.8. The molecule has 0 spiro atoms. The minimum absolute atomic E-state index is 0.0172. The first kappa shape index (κ1) is 57.6. The van der Waals surface area contributed by atoms with Crippen LogP contribution in [0.3, 0.4) is 0 Å². The third kappa shape index (κ3) is 42.3. The predicted molar refractivity (Wildman–Crippen MR) is 259 cm³/mol. The van der Waals surface area contributed by atoms with E-state index < -0.39 is 18.2 Å². The lowest BCUT2D eigenvalue weighted by atomic mass is 10.0. The molecule has 0 aliphatic heterocycles. The molecule has 0 aliphatic carbocycles. The molecule has 1 amide bonds. The van der Waals surface area contributed by atoms with E-state index in [2.05, 4.69) is 32.2 Å². The molecule has 0 aliphatic rings. The van der Waals surface area contributed by atoms with Crippen molar-refractivity contribution < 1.29 is 24.5 Å². The van der Waals surface area contributed by atoms with E-state index in [1.54, 1.807) is 0 Å². The third-order valence-electron chi connectivity index (χ3n) is 11.5. The van der Waals surface area contributed by atoms with Crippen LogP contribution in [0.2, 0.25) is 0 Å². The summed E-state index contributed by atoms with van der Waals surface area (Å²) >= 11 is 0. The number of carbonyl (C=O) groups is 2. The molecule has 0 bridgehead atoms. The summed E-state index contributed by atoms with van der Waals surface area (Å²) < 4.78 is 5.84. The maximum Gasteiger partial charge on any atom is 0.306 e. The predicted octanol–water partition coefficient (Wildman–Crippen LogP) is 15.2. The average Bonchev–Trinajstić information content (AvgIpc) is 3.24. The molecular weight excluding hydrogens is 743 g/mol. The number of hydrogen-bond acceptors (Lipinski definition) is 5. The van der Waals surface area contributed by atoms with Crippen LogP contribution in [-0.2, 0) is 14.3 Å². The van der Waals surface area contributed by atoms with Gasteiger partial charge in [-0.25, -0.2) is 0 Å². The molecule has 0 saturated carbocycles. The van der Waals surface area contributed by atoms with Gasteiger partial charge in [-0.2, -0.15) is 0 Å². The van der Waals surface area contributed by atoms with E-state index >= 15 is 0 Å². The fourth-order valence-corrected chi connectivity index (χ4v) is 7.63. The minimum atomic E-state index is -0.816. The highest BCUT2D eigenvalue weighted by molar-refractivity contribution is 5.77. The summed E-state index contributed by atoms with van der Waals surface area (Å²) in [6, 6.07) is -0.738. The van der Waals surface area contributed by atoms with Crippen molar-refractivity contribution in [2.75, 3.05) is 6.61 Å². The molecule has 0 fully saturated rings. The first-order valence-electron chi connectivity index (χ1n) is 25.6. The molecule has 6 heteroatoms. The summed E-state index contributed by atoms with van der Waals surface area (Å²) in [6.07, 6.45) is 58.9. The monoisotopic (exact) mass is 840 g/mol. The highest BCUT2D eigenvalue weighted by Crippen LogP contribution is 2.17. The Bertz CT molecular complexity index is 1080. The summed E-state index contributed by atoms with van der Waals surface area (Å²) in [5.74, 6) is -0.602. The molecule has 3 atom stereocenters. The van der Waals surface area contributed by atoms with Gasteiger partial charge in [0.1, 0.15) is 6.10 Å². The summed E-state index contributed by atoms with van der Waals surface area (Å²) in [5.41, 5.74) is 0. The minimum Gasteiger partial charge on any atom is -0.461 e. The van der Waals surface area contributed by atoms with Gasteiger partial charge in [0.05, 0.1) is 25.2 Å². The zero-order valence-electron chi connectivity index (χ0n) is 39.6. The van der Waals surface area contributed by atoms with E-state index in [9.17, 15) is 19.8 Å². The van der Waals surface area contributed by atoms with Crippen LogP contribution in [0, 0.1) is 0 Å². The number of rotatable bonds is 45. The van der Waals surface area contributed by atoms with E-state index in [0.29, 0.717) is 19.3 Å². The Balaban J connectivity index is 4.56. The van der Waals surface area contributed by atoms with Gasteiger partial charge in [-0.1, -0.05) is 268 Å². The van der Waals surface area contributed by atoms with Crippen LogP contribution in [0.5, 0.6) is 0 Å². The summed E-state index contributed by atoms with van der Waals surface area (Å²) in [5, 5.41) is 23.6. The molecule has 0 rings (SSSR count). The van der Waals surface area contributed by atoms with Crippen molar-refractivity contribution in [2.24, 2.45) is 0 Å². The van der Waals surface area contributed by atoms with Crippen LogP contribution in [0.15, 0.2) is 60.8 Å². The van der Waals surface area contributed by atoms with Crippen molar-refractivity contribution in [1.29, 1.82) is 0 Å². The lowest BCUT2D eigenvalue weighted by Crippen LogP contribution is -2.46. The first-order chi connectivity index (χ1) is 29.5. The van der Waals surface area contributed by atoms with Gasteiger partial charge in [-0.05, 0) is 19.3 Å². The van der Waals surface area contributed by atoms with Crippen LogP contribution < -0.4 is 5.32 Å². The molecule has 0 aromatic heterocycles. The van der Waals surface area contributed by atoms with Crippen molar-refractivity contribution in [1.82, 2.24) is 5.32 Å². The summed E-state index contributed by atoms with van der Waals surface area (Å²) in [7, 11) is 0. The quantitative estimate of drug-likeness (QED) is 0.0322. The second kappa shape index (κ2) is 47.6. The van der Waals surface area contributed by atoms with Gasteiger partial charge < -0.3 is 20.3 Å². The lowest BCUT2D eigenvalue weighted by molar-refractivity contribution is -0.150. The Morgan fingerprint density at radius 2 is 0.867 bits per heavy atom. The van der Waals surface area contributed by atoms with Gasteiger partial charge in [-0.15, -0.1) is 0 Å². The normalized spacial score (nSPS) is 13.8. The van der Waals surface area contributed by atoms with Gasteiger partial charge in [0.15, 0.2) is 0 Å². The van der Waals surface area contributed by atoms with E-state index in [1.807, 2.05) is 54.7 Å². The van der Waals surface area contributed by atoms with Gasteiger partial charge >= 0.3 is 5.97 Å². The fourth-order valence-electron chi connectivity index (χ4n) is 7.63. The van der Waals surface area contributed by atoms with Gasteiger partial charge in [-0.3, -0.25) is 9.59 Å². The molecule has 0 aromatic rings. The topological polar surface area (TPSA) is 95.9 Å². The molecule has 0 aromatic carbocycles. The van der Waals surface area contributed by atoms with Crippen molar-refractivity contribution in [2.45, 2.75) is 264 Å². The van der Waals surface area contributed by atoms with Gasteiger partial charge in [0, 0.05) is 12.8 Å². The van der Waals surface area contributed by atoms with E-state index in [0.717, 1.165) is 44.9 Å². The Kier molecular flexibility index (Phi) is 45.7. The Morgan fingerprint density at radius 3 is 1.27 bits per heavy atom. The molecular formula is C54H97NO5. The highest BCUT2D eigenvalue weighted by Gasteiger charge is 2.23. The van der Waals surface area contributed by atoms with E-state index in [4.69, 9.17) is 4.74 Å². The number of allylic oxidation sites excluding steroid dienone is 9. The maximum atomic E-state index is 13.1. The lowest BCUT2D eigenvalue weighted by Gasteiger charge is -2.24. The van der Waals surface area contributed by atoms with E-state index in [-0.39, 0.29) is 24.9 Å².